The van der Waals surface area contributed by atoms with Crippen molar-refractivity contribution in [2.45, 2.75) is 51.7 Å². The quantitative estimate of drug-likeness (QED) is 0.670. The molecule has 0 saturated heterocycles. The van der Waals surface area contributed by atoms with Gasteiger partial charge in [-0.1, -0.05) is 18.2 Å². The number of hydrogen-bond acceptors (Lipinski definition) is 3. The Balaban J connectivity index is 1.84. The van der Waals surface area contributed by atoms with Crippen molar-refractivity contribution in [2.24, 2.45) is 0 Å². The maximum atomic E-state index is 5.67. The van der Waals surface area contributed by atoms with E-state index in [0.717, 1.165) is 50.3 Å². The molecule has 1 aromatic rings. The van der Waals surface area contributed by atoms with Gasteiger partial charge in [-0.05, 0) is 50.7 Å². The van der Waals surface area contributed by atoms with Gasteiger partial charge in [0.15, 0.2) is 0 Å². The van der Waals surface area contributed by atoms with E-state index in [4.69, 9.17) is 9.47 Å². The first-order valence-electron chi connectivity index (χ1n) is 7.70. The molecule has 1 aliphatic rings. The number of hydrogen-bond donors (Lipinski definition) is 0. The highest BCUT2D eigenvalue weighted by molar-refractivity contribution is 5.09. The van der Waals surface area contributed by atoms with Crippen molar-refractivity contribution >= 4 is 0 Å². The van der Waals surface area contributed by atoms with Crippen LogP contribution in [0.15, 0.2) is 30.4 Å². The third-order valence-corrected chi connectivity index (χ3v) is 3.35. The minimum absolute atomic E-state index is 0.601. The Morgan fingerprint density at radius 2 is 1.30 bits per heavy atom. The van der Waals surface area contributed by atoms with Gasteiger partial charge in [0.2, 0.25) is 0 Å². The third-order valence-electron chi connectivity index (χ3n) is 3.35. The van der Waals surface area contributed by atoms with E-state index in [1.807, 2.05) is 18.2 Å². The number of pyridine rings is 1. The molecule has 0 atom stereocenters. The molecular formula is C17H25NO2. The number of allylic oxidation sites excluding steroid dienone is 2. The molecule has 3 heteroatoms. The molecule has 0 aliphatic carbocycles. The van der Waals surface area contributed by atoms with Crippen LogP contribution in [0.4, 0.5) is 0 Å². The second-order valence-corrected chi connectivity index (χ2v) is 5.19. The van der Waals surface area contributed by atoms with Crippen LogP contribution < -0.4 is 0 Å². The fourth-order valence-corrected chi connectivity index (χ4v) is 2.21. The lowest BCUT2D eigenvalue weighted by Crippen LogP contribution is -2.02. The van der Waals surface area contributed by atoms with E-state index in [0.29, 0.717) is 13.2 Å². The highest BCUT2D eigenvalue weighted by Crippen LogP contribution is 2.06. The fourth-order valence-electron chi connectivity index (χ4n) is 2.21. The van der Waals surface area contributed by atoms with Crippen LogP contribution in [0.25, 0.3) is 0 Å². The topological polar surface area (TPSA) is 31.4 Å². The standard InChI is InChI=1S/C17H25NO2/c1-2-4-6-8-13-20-15-17-11-9-10-16(18-17)14-19-12-7-5-3-1/h1-2,9-11H,3-8,12-15H2/b2-1+. The zero-order valence-electron chi connectivity index (χ0n) is 12.2. The van der Waals surface area contributed by atoms with Gasteiger partial charge in [-0.15, -0.1) is 0 Å². The Bertz CT molecular complexity index is 370. The van der Waals surface area contributed by atoms with Crippen molar-refractivity contribution < 1.29 is 9.47 Å². The van der Waals surface area contributed by atoms with E-state index in [1.54, 1.807) is 0 Å². The normalized spacial score (nSPS) is 21.0. The molecule has 0 spiro atoms. The Labute approximate surface area is 122 Å². The van der Waals surface area contributed by atoms with Gasteiger partial charge in [0.05, 0.1) is 24.6 Å². The number of ether oxygens (including phenoxy) is 2. The molecule has 20 heavy (non-hydrogen) atoms. The Morgan fingerprint density at radius 3 is 1.85 bits per heavy atom. The smallest absolute Gasteiger partial charge is 0.0887 e. The van der Waals surface area contributed by atoms with Gasteiger partial charge < -0.3 is 9.47 Å². The molecule has 2 heterocycles. The molecule has 3 nitrogen and oxygen atoms in total. The van der Waals surface area contributed by atoms with Crippen molar-refractivity contribution in [3.05, 3.63) is 41.7 Å². The maximum Gasteiger partial charge on any atom is 0.0887 e. The van der Waals surface area contributed by atoms with E-state index >= 15 is 0 Å². The van der Waals surface area contributed by atoms with Crippen molar-refractivity contribution in [1.82, 2.24) is 4.98 Å². The van der Waals surface area contributed by atoms with Gasteiger partial charge in [-0.2, -0.15) is 0 Å². The first kappa shape index (κ1) is 15.2. The molecule has 0 N–H and O–H groups in total. The molecule has 0 fully saturated rings. The molecule has 2 rings (SSSR count). The molecule has 0 saturated carbocycles. The molecule has 0 radical (unpaired) electrons. The highest BCUT2D eigenvalue weighted by Gasteiger charge is 2.00. The summed E-state index contributed by atoms with van der Waals surface area (Å²) in [6.07, 6.45) is 11.6. The van der Waals surface area contributed by atoms with Crippen LogP contribution in [0, 0.1) is 0 Å². The molecule has 110 valence electrons. The minimum atomic E-state index is 0.601. The van der Waals surface area contributed by atoms with Gasteiger partial charge in [0.1, 0.15) is 0 Å². The van der Waals surface area contributed by atoms with E-state index < -0.39 is 0 Å². The predicted octanol–water partition coefficient (Wildman–Crippen LogP) is 4.03. The lowest BCUT2D eigenvalue weighted by atomic mass is 10.2. The summed E-state index contributed by atoms with van der Waals surface area (Å²) in [6, 6.07) is 6.06. The number of fused-ring (bicyclic) bond motifs is 2. The lowest BCUT2D eigenvalue weighted by molar-refractivity contribution is 0.108. The summed E-state index contributed by atoms with van der Waals surface area (Å²) in [5, 5.41) is 0. The van der Waals surface area contributed by atoms with E-state index in [-0.39, 0.29) is 0 Å². The molecule has 1 aliphatic heterocycles. The summed E-state index contributed by atoms with van der Waals surface area (Å²) >= 11 is 0. The van der Waals surface area contributed by atoms with E-state index in [1.165, 1.54) is 12.8 Å². The van der Waals surface area contributed by atoms with E-state index in [2.05, 4.69) is 17.1 Å². The van der Waals surface area contributed by atoms with Crippen LogP contribution >= 0.6 is 0 Å². The van der Waals surface area contributed by atoms with Crippen molar-refractivity contribution in [1.29, 1.82) is 0 Å². The molecule has 1 aromatic heterocycles. The first-order valence-corrected chi connectivity index (χ1v) is 7.70. The first-order chi connectivity index (χ1) is 9.95. The molecule has 0 aromatic carbocycles. The molecule has 0 unspecified atom stereocenters. The highest BCUT2D eigenvalue weighted by atomic mass is 16.5. The summed E-state index contributed by atoms with van der Waals surface area (Å²) in [6.45, 7) is 2.83. The maximum absolute atomic E-state index is 5.67. The summed E-state index contributed by atoms with van der Waals surface area (Å²) in [4.78, 5) is 4.56. The van der Waals surface area contributed by atoms with Crippen LogP contribution in [0.5, 0.6) is 0 Å². The minimum Gasteiger partial charge on any atom is -0.375 e. The van der Waals surface area contributed by atoms with Gasteiger partial charge in [0, 0.05) is 13.2 Å². The van der Waals surface area contributed by atoms with Crippen molar-refractivity contribution in [2.75, 3.05) is 13.2 Å². The lowest BCUT2D eigenvalue weighted by Gasteiger charge is -2.06. The van der Waals surface area contributed by atoms with Crippen molar-refractivity contribution in [3.63, 3.8) is 0 Å². The third kappa shape index (κ3) is 6.31. The monoisotopic (exact) mass is 275 g/mol. The summed E-state index contributed by atoms with van der Waals surface area (Å²) < 4.78 is 11.3. The summed E-state index contributed by atoms with van der Waals surface area (Å²) in [5.41, 5.74) is 1.99. The van der Waals surface area contributed by atoms with Crippen molar-refractivity contribution in [3.8, 4) is 0 Å². The zero-order chi connectivity index (χ0) is 13.9. The number of rotatable bonds is 0. The largest absolute Gasteiger partial charge is 0.375 e. The van der Waals surface area contributed by atoms with Crippen LogP contribution in [-0.4, -0.2) is 18.2 Å². The van der Waals surface area contributed by atoms with Gasteiger partial charge in [-0.25, -0.2) is 0 Å². The van der Waals surface area contributed by atoms with Crippen LogP contribution in [-0.2, 0) is 22.7 Å². The van der Waals surface area contributed by atoms with Crippen LogP contribution in [0.2, 0.25) is 0 Å². The Morgan fingerprint density at radius 1 is 0.750 bits per heavy atom. The van der Waals surface area contributed by atoms with Gasteiger partial charge in [0.25, 0.3) is 0 Å². The van der Waals surface area contributed by atoms with Gasteiger partial charge in [-0.3, -0.25) is 4.98 Å². The second kappa shape index (κ2) is 9.67. The van der Waals surface area contributed by atoms with Crippen LogP contribution in [0.3, 0.4) is 0 Å². The van der Waals surface area contributed by atoms with E-state index in [9.17, 15) is 0 Å². The Hall–Kier alpha value is -1.19. The fraction of sp³-hybridized carbons (Fsp3) is 0.588. The second-order valence-electron chi connectivity index (χ2n) is 5.19. The molecule has 2 bridgehead atoms. The molecule has 0 amide bonds. The number of nitrogens with zero attached hydrogens (tertiary/aromatic N) is 1. The van der Waals surface area contributed by atoms with Crippen LogP contribution in [0.1, 0.15) is 49.9 Å². The predicted molar refractivity (Wildman–Crippen MR) is 80.4 cm³/mol. The molecular weight excluding hydrogens is 250 g/mol. The average Bonchev–Trinajstić information content (AvgIpc) is 2.47. The number of aromatic nitrogens is 1. The Kier molecular flexibility index (Phi) is 7.35. The summed E-state index contributed by atoms with van der Waals surface area (Å²) in [5.74, 6) is 0. The van der Waals surface area contributed by atoms with Gasteiger partial charge >= 0.3 is 0 Å². The SMILES string of the molecule is C1=C/CCCCOCc2cccc(n2)COCCCC/1. The zero-order valence-corrected chi connectivity index (χ0v) is 12.2. The average molecular weight is 275 g/mol. The summed E-state index contributed by atoms with van der Waals surface area (Å²) in [7, 11) is 0.